The van der Waals surface area contributed by atoms with E-state index in [1.54, 1.807) is 28.6 Å². The molecule has 1 fully saturated rings. The highest BCUT2D eigenvalue weighted by atomic mass is 32.2. The maximum Gasteiger partial charge on any atom is 0.277 e. The first-order valence-electron chi connectivity index (χ1n) is 9.91. The van der Waals surface area contributed by atoms with Gasteiger partial charge >= 0.3 is 0 Å². The molecule has 6 nitrogen and oxygen atoms in total. The molecule has 30 heavy (non-hydrogen) atoms. The van der Waals surface area contributed by atoms with Gasteiger partial charge in [0.1, 0.15) is 0 Å². The topological polar surface area (TPSA) is 76.3 Å². The molecule has 2 heterocycles. The van der Waals surface area contributed by atoms with Crippen LogP contribution in [0, 0.1) is 0 Å². The van der Waals surface area contributed by atoms with Gasteiger partial charge < -0.3 is 4.42 Å². The smallest absolute Gasteiger partial charge is 0.277 e. The molecule has 0 N–H and O–H groups in total. The van der Waals surface area contributed by atoms with Gasteiger partial charge in [-0.3, -0.25) is 0 Å². The first-order chi connectivity index (χ1) is 14.6. The molecule has 0 amide bonds. The Morgan fingerprint density at radius 2 is 1.80 bits per heavy atom. The first-order valence-corrected chi connectivity index (χ1v) is 12.3. The van der Waals surface area contributed by atoms with Crippen LogP contribution in [0.2, 0.25) is 0 Å². The standard InChI is InChI=1S/C22H23N3O3S2/c26-30(27,25-14-5-2-6-15-25)20-13-7-12-19(17-20)21-23-24-22(28-21)29-16-8-11-18-9-3-1-4-10-18/h1,3-4,7-13,17H,2,5-6,14-16H2. The van der Waals surface area contributed by atoms with Crippen molar-refractivity contribution in [2.24, 2.45) is 0 Å². The average Bonchev–Trinajstić information content (AvgIpc) is 3.27. The van der Waals surface area contributed by atoms with E-state index in [1.807, 2.05) is 42.5 Å². The highest BCUT2D eigenvalue weighted by molar-refractivity contribution is 7.99. The van der Waals surface area contributed by atoms with Crippen LogP contribution in [0.1, 0.15) is 24.8 Å². The van der Waals surface area contributed by atoms with Gasteiger partial charge in [0.15, 0.2) is 0 Å². The fraction of sp³-hybridized carbons (Fsp3) is 0.273. The molecule has 0 atom stereocenters. The van der Waals surface area contributed by atoms with Crippen LogP contribution in [0.4, 0.5) is 0 Å². The van der Waals surface area contributed by atoms with Gasteiger partial charge in [0.25, 0.3) is 5.22 Å². The number of thioether (sulfide) groups is 1. The van der Waals surface area contributed by atoms with E-state index in [4.69, 9.17) is 4.42 Å². The monoisotopic (exact) mass is 441 g/mol. The van der Waals surface area contributed by atoms with Gasteiger partial charge in [-0.2, -0.15) is 4.31 Å². The van der Waals surface area contributed by atoms with Crippen molar-refractivity contribution >= 4 is 27.9 Å². The van der Waals surface area contributed by atoms with E-state index >= 15 is 0 Å². The lowest BCUT2D eigenvalue weighted by Gasteiger charge is -2.25. The summed E-state index contributed by atoms with van der Waals surface area (Å²) in [4.78, 5) is 0.264. The molecule has 0 saturated carbocycles. The Labute approximate surface area is 181 Å². The Bertz CT molecular complexity index is 1110. The second-order valence-corrected chi connectivity index (χ2v) is 9.90. The van der Waals surface area contributed by atoms with E-state index in [9.17, 15) is 8.42 Å². The number of aromatic nitrogens is 2. The fourth-order valence-electron chi connectivity index (χ4n) is 3.30. The fourth-order valence-corrected chi connectivity index (χ4v) is 5.43. The lowest BCUT2D eigenvalue weighted by Crippen LogP contribution is -2.35. The minimum atomic E-state index is -3.50. The molecule has 1 aromatic heterocycles. The Hall–Kier alpha value is -2.42. The number of nitrogens with zero attached hydrogens (tertiary/aromatic N) is 3. The minimum Gasteiger partial charge on any atom is -0.411 e. The molecule has 3 aromatic rings. The highest BCUT2D eigenvalue weighted by Gasteiger charge is 2.26. The summed E-state index contributed by atoms with van der Waals surface area (Å²) in [5.74, 6) is 1.01. The van der Waals surface area contributed by atoms with Crippen molar-refractivity contribution in [2.75, 3.05) is 18.8 Å². The Morgan fingerprint density at radius 1 is 1.00 bits per heavy atom. The van der Waals surface area contributed by atoms with Crippen molar-refractivity contribution in [3.8, 4) is 11.5 Å². The van der Waals surface area contributed by atoms with E-state index in [0.29, 0.717) is 35.5 Å². The predicted octanol–water partition coefficient (Wildman–Crippen LogP) is 4.72. The van der Waals surface area contributed by atoms with Crippen molar-refractivity contribution in [1.82, 2.24) is 14.5 Å². The predicted molar refractivity (Wildman–Crippen MR) is 119 cm³/mol. The first kappa shape index (κ1) is 20.8. The molecule has 8 heteroatoms. The molecule has 2 aromatic carbocycles. The zero-order chi connectivity index (χ0) is 20.8. The van der Waals surface area contributed by atoms with Gasteiger partial charge in [0.05, 0.1) is 4.90 Å². The van der Waals surface area contributed by atoms with Gasteiger partial charge in [-0.15, -0.1) is 10.2 Å². The summed E-state index contributed by atoms with van der Waals surface area (Å²) >= 11 is 1.43. The minimum absolute atomic E-state index is 0.264. The largest absolute Gasteiger partial charge is 0.411 e. The molecule has 1 aliphatic rings. The second kappa shape index (κ2) is 9.59. The maximum atomic E-state index is 12.9. The Balaban J connectivity index is 1.43. The van der Waals surface area contributed by atoms with Crippen molar-refractivity contribution in [3.05, 3.63) is 66.2 Å². The van der Waals surface area contributed by atoms with Gasteiger partial charge in [-0.25, -0.2) is 8.42 Å². The van der Waals surface area contributed by atoms with E-state index in [0.717, 1.165) is 24.8 Å². The average molecular weight is 442 g/mol. The van der Waals surface area contributed by atoms with Crippen molar-refractivity contribution in [2.45, 2.75) is 29.4 Å². The third-order valence-corrected chi connectivity index (χ3v) is 7.52. The summed E-state index contributed by atoms with van der Waals surface area (Å²) in [6.07, 6.45) is 6.97. The van der Waals surface area contributed by atoms with Crippen LogP contribution in [-0.4, -0.2) is 41.8 Å². The maximum absolute atomic E-state index is 12.9. The van der Waals surface area contributed by atoms with Crippen molar-refractivity contribution in [3.63, 3.8) is 0 Å². The molecule has 0 unspecified atom stereocenters. The van der Waals surface area contributed by atoms with Crippen LogP contribution in [0.15, 0.2) is 75.2 Å². The van der Waals surface area contributed by atoms with Gasteiger partial charge in [0.2, 0.25) is 15.9 Å². The number of rotatable bonds is 7. The van der Waals surface area contributed by atoms with Crippen LogP contribution in [0.5, 0.6) is 0 Å². The quantitative estimate of drug-likeness (QED) is 0.494. The summed E-state index contributed by atoms with van der Waals surface area (Å²) in [6.45, 7) is 1.15. The molecule has 1 saturated heterocycles. The van der Waals surface area contributed by atoms with E-state index in [-0.39, 0.29) is 4.90 Å². The molecular weight excluding hydrogens is 418 g/mol. The molecule has 0 radical (unpaired) electrons. The lowest BCUT2D eigenvalue weighted by molar-refractivity contribution is 0.346. The van der Waals surface area contributed by atoms with Gasteiger partial charge in [-0.1, -0.05) is 66.7 Å². The molecular formula is C22H23N3O3S2. The Kier molecular flexibility index (Phi) is 6.66. The van der Waals surface area contributed by atoms with Gasteiger partial charge in [-0.05, 0) is 36.6 Å². The summed E-state index contributed by atoms with van der Waals surface area (Å²) in [5.41, 5.74) is 1.74. The summed E-state index contributed by atoms with van der Waals surface area (Å²) < 4.78 is 33.1. The van der Waals surface area contributed by atoms with Gasteiger partial charge in [0, 0.05) is 24.4 Å². The third-order valence-electron chi connectivity index (χ3n) is 4.85. The van der Waals surface area contributed by atoms with Crippen LogP contribution in [0.25, 0.3) is 17.5 Å². The number of sulfonamides is 1. The number of hydrogen-bond donors (Lipinski definition) is 0. The van der Waals surface area contributed by atoms with Crippen LogP contribution < -0.4 is 0 Å². The molecule has 156 valence electrons. The lowest BCUT2D eigenvalue weighted by atomic mass is 10.2. The van der Waals surface area contributed by atoms with Crippen molar-refractivity contribution in [1.29, 1.82) is 0 Å². The summed E-state index contributed by atoms with van der Waals surface area (Å²) in [6, 6.07) is 16.8. The summed E-state index contributed by atoms with van der Waals surface area (Å²) in [7, 11) is -3.50. The number of piperidine rings is 1. The van der Waals surface area contributed by atoms with Crippen molar-refractivity contribution < 1.29 is 12.8 Å². The SMILES string of the molecule is O=S(=O)(c1cccc(-c2nnc(SCC=Cc3ccccc3)o2)c1)N1CCCCC1. The van der Waals surface area contributed by atoms with E-state index in [1.165, 1.54) is 11.8 Å². The van der Waals surface area contributed by atoms with E-state index in [2.05, 4.69) is 10.2 Å². The molecule has 1 aliphatic heterocycles. The summed E-state index contributed by atoms with van der Waals surface area (Å²) in [5, 5.41) is 8.61. The zero-order valence-electron chi connectivity index (χ0n) is 16.5. The van der Waals surface area contributed by atoms with E-state index < -0.39 is 10.0 Å². The van der Waals surface area contributed by atoms with Crippen LogP contribution in [-0.2, 0) is 10.0 Å². The highest BCUT2D eigenvalue weighted by Crippen LogP contribution is 2.27. The third kappa shape index (κ3) is 5.00. The van der Waals surface area contributed by atoms with Crippen LogP contribution >= 0.6 is 11.8 Å². The molecule has 0 bridgehead atoms. The van der Waals surface area contributed by atoms with Crippen LogP contribution in [0.3, 0.4) is 0 Å². The molecule has 4 rings (SSSR count). The zero-order valence-corrected chi connectivity index (χ0v) is 18.1. The normalized spacial score (nSPS) is 15.6. The number of hydrogen-bond acceptors (Lipinski definition) is 6. The second-order valence-electron chi connectivity index (χ2n) is 6.99. The number of benzene rings is 2. The molecule has 0 spiro atoms. The molecule has 0 aliphatic carbocycles. The Morgan fingerprint density at radius 3 is 2.60 bits per heavy atom.